The van der Waals surface area contributed by atoms with Crippen molar-refractivity contribution in [1.82, 2.24) is 9.94 Å². The molecule has 0 atom stereocenters. The van der Waals surface area contributed by atoms with Crippen molar-refractivity contribution in [2.45, 2.75) is 27.7 Å². The fourth-order valence-corrected chi connectivity index (χ4v) is 4.94. The van der Waals surface area contributed by atoms with Gasteiger partial charge in [-0.15, -0.1) is 21.3 Å². The molecule has 4 aromatic rings. The Hall–Kier alpha value is -3.19. The standard InChI is InChI=1S/C23H21FN2O3S/c1-5-29-18-11-15(24)7-9-16(18)23-21(17-8-6-12(2)10-19(17)30-23)20-14(4)26(28)25-13(3)22(20)27/h6-11,28H,5H2,1-4H3. The number of aromatic nitrogens is 2. The number of hydrogen-bond acceptors (Lipinski definition) is 5. The molecule has 0 aliphatic carbocycles. The van der Waals surface area contributed by atoms with Crippen molar-refractivity contribution in [3.63, 3.8) is 0 Å². The maximum absolute atomic E-state index is 13.9. The van der Waals surface area contributed by atoms with Crippen molar-refractivity contribution >= 4 is 21.4 Å². The molecule has 0 unspecified atom stereocenters. The lowest BCUT2D eigenvalue weighted by Crippen LogP contribution is -2.19. The molecule has 0 spiro atoms. The molecule has 0 saturated heterocycles. The van der Waals surface area contributed by atoms with E-state index in [0.717, 1.165) is 25.4 Å². The van der Waals surface area contributed by atoms with Crippen LogP contribution in [0, 0.1) is 26.6 Å². The number of benzene rings is 2. The van der Waals surface area contributed by atoms with E-state index in [1.165, 1.54) is 23.5 Å². The van der Waals surface area contributed by atoms with E-state index in [1.54, 1.807) is 19.9 Å². The first-order chi connectivity index (χ1) is 14.3. The third kappa shape index (κ3) is 3.25. The molecular weight excluding hydrogens is 403 g/mol. The number of aryl methyl sites for hydroxylation is 2. The number of nitrogens with zero attached hydrogens (tertiary/aromatic N) is 2. The number of thiophene rings is 1. The molecule has 0 aliphatic rings. The third-order valence-electron chi connectivity index (χ3n) is 5.05. The molecule has 154 valence electrons. The van der Waals surface area contributed by atoms with Crippen molar-refractivity contribution in [3.05, 3.63) is 69.4 Å². The topological polar surface area (TPSA) is 64.3 Å². The summed E-state index contributed by atoms with van der Waals surface area (Å²) in [6.45, 7) is 7.44. The molecule has 5 nitrogen and oxygen atoms in total. The van der Waals surface area contributed by atoms with Gasteiger partial charge in [0.25, 0.3) is 0 Å². The maximum Gasteiger partial charge on any atom is 0.211 e. The summed E-state index contributed by atoms with van der Waals surface area (Å²) in [5.41, 5.74) is 3.14. The summed E-state index contributed by atoms with van der Waals surface area (Å²) in [4.78, 5) is 14.6. The van der Waals surface area contributed by atoms with Gasteiger partial charge in [0.05, 0.1) is 17.9 Å². The summed E-state index contributed by atoms with van der Waals surface area (Å²) in [5.74, 6) is 0.0177. The van der Waals surface area contributed by atoms with Gasteiger partial charge in [-0.25, -0.2) is 4.39 Å². The first kappa shape index (κ1) is 20.1. The average Bonchev–Trinajstić information content (AvgIpc) is 3.05. The van der Waals surface area contributed by atoms with E-state index in [-0.39, 0.29) is 11.1 Å². The Balaban J connectivity index is 2.16. The molecule has 0 amide bonds. The summed E-state index contributed by atoms with van der Waals surface area (Å²) >= 11 is 1.51. The minimum absolute atomic E-state index is 0.194. The normalized spacial score (nSPS) is 11.2. The summed E-state index contributed by atoms with van der Waals surface area (Å²) in [7, 11) is 0. The number of halogens is 1. The van der Waals surface area contributed by atoms with Crippen LogP contribution in [0.2, 0.25) is 0 Å². The van der Waals surface area contributed by atoms with Gasteiger partial charge in [0.2, 0.25) is 5.43 Å². The summed E-state index contributed by atoms with van der Waals surface area (Å²) in [6.07, 6.45) is 0. The lowest BCUT2D eigenvalue weighted by atomic mass is 9.96. The van der Waals surface area contributed by atoms with Gasteiger partial charge in [0.1, 0.15) is 17.3 Å². The molecule has 2 aromatic carbocycles. The predicted octanol–water partition coefficient (Wildman–Crippen LogP) is 5.49. The number of hydrogen-bond donors (Lipinski definition) is 1. The van der Waals surface area contributed by atoms with Gasteiger partial charge in [0, 0.05) is 32.2 Å². The Labute approximate surface area is 176 Å². The molecule has 7 heteroatoms. The zero-order valence-electron chi connectivity index (χ0n) is 17.1. The van der Waals surface area contributed by atoms with Gasteiger partial charge in [-0.05, 0) is 51.5 Å². The molecular formula is C23H21FN2O3S. The second-order valence-corrected chi connectivity index (χ2v) is 8.20. The second kappa shape index (κ2) is 7.57. The monoisotopic (exact) mass is 424 g/mol. The minimum Gasteiger partial charge on any atom is -0.493 e. The Bertz CT molecular complexity index is 1340. The van der Waals surface area contributed by atoms with Crippen molar-refractivity contribution in [2.24, 2.45) is 0 Å². The van der Waals surface area contributed by atoms with Crippen LogP contribution < -0.4 is 10.2 Å². The van der Waals surface area contributed by atoms with Crippen LogP contribution in [0.15, 0.2) is 41.2 Å². The van der Waals surface area contributed by atoms with E-state index in [2.05, 4.69) is 11.2 Å². The Morgan fingerprint density at radius 3 is 2.63 bits per heavy atom. The fraction of sp³-hybridized carbons (Fsp3) is 0.217. The molecule has 0 fully saturated rings. The number of rotatable bonds is 4. The first-order valence-electron chi connectivity index (χ1n) is 9.57. The van der Waals surface area contributed by atoms with Crippen LogP contribution in [0.1, 0.15) is 23.9 Å². The Morgan fingerprint density at radius 2 is 1.90 bits per heavy atom. The fourth-order valence-electron chi connectivity index (χ4n) is 3.60. The number of fused-ring (bicyclic) bond motifs is 1. The Kier molecular flexibility index (Phi) is 5.07. The van der Waals surface area contributed by atoms with E-state index >= 15 is 0 Å². The first-order valence-corrected chi connectivity index (χ1v) is 10.4. The summed E-state index contributed by atoms with van der Waals surface area (Å²) < 4.78 is 20.6. The second-order valence-electron chi connectivity index (χ2n) is 7.14. The van der Waals surface area contributed by atoms with Gasteiger partial charge < -0.3 is 9.94 Å². The Morgan fingerprint density at radius 1 is 1.13 bits per heavy atom. The lowest BCUT2D eigenvalue weighted by molar-refractivity contribution is 0.136. The SMILES string of the molecule is CCOc1cc(F)ccc1-c1sc2cc(C)ccc2c1-c1c(C)n(O)nc(C)c1=O. The minimum atomic E-state index is -0.394. The molecule has 2 aromatic heterocycles. The van der Waals surface area contributed by atoms with Gasteiger partial charge in [-0.2, -0.15) is 0 Å². The van der Waals surface area contributed by atoms with Crippen LogP contribution in [0.5, 0.6) is 5.75 Å². The lowest BCUT2D eigenvalue weighted by Gasteiger charge is -2.13. The highest BCUT2D eigenvalue weighted by molar-refractivity contribution is 7.23. The van der Waals surface area contributed by atoms with Crippen molar-refractivity contribution in [3.8, 4) is 27.3 Å². The van der Waals surface area contributed by atoms with E-state index < -0.39 is 5.82 Å². The molecule has 0 radical (unpaired) electrons. The van der Waals surface area contributed by atoms with E-state index in [9.17, 15) is 14.4 Å². The molecule has 0 saturated carbocycles. The van der Waals surface area contributed by atoms with Crippen LogP contribution in [-0.4, -0.2) is 21.8 Å². The van der Waals surface area contributed by atoms with Crippen LogP contribution >= 0.6 is 11.3 Å². The van der Waals surface area contributed by atoms with Gasteiger partial charge in [-0.3, -0.25) is 4.79 Å². The van der Waals surface area contributed by atoms with Crippen LogP contribution in [-0.2, 0) is 0 Å². The largest absolute Gasteiger partial charge is 0.493 e. The van der Waals surface area contributed by atoms with Crippen LogP contribution in [0.4, 0.5) is 4.39 Å². The molecule has 30 heavy (non-hydrogen) atoms. The summed E-state index contributed by atoms with van der Waals surface area (Å²) in [6, 6.07) is 10.4. The van der Waals surface area contributed by atoms with E-state index in [0.29, 0.717) is 34.7 Å². The highest BCUT2D eigenvalue weighted by Gasteiger charge is 2.24. The highest BCUT2D eigenvalue weighted by Crippen LogP contribution is 2.47. The molecule has 2 heterocycles. The third-order valence-corrected chi connectivity index (χ3v) is 6.23. The molecule has 4 rings (SSSR count). The number of ether oxygens (including phenoxy) is 1. The molecule has 1 N–H and O–H groups in total. The van der Waals surface area contributed by atoms with Gasteiger partial charge in [-0.1, -0.05) is 12.1 Å². The zero-order chi connectivity index (χ0) is 21.6. The average molecular weight is 424 g/mol. The zero-order valence-corrected chi connectivity index (χ0v) is 17.9. The van der Waals surface area contributed by atoms with Gasteiger partial charge in [0.15, 0.2) is 0 Å². The van der Waals surface area contributed by atoms with Gasteiger partial charge >= 0.3 is 0 Å². The smallest absolute Gasteiger partial charge is 0.211 e. The van der Waals surface area contributed by atoms with Crippen LogP contribution in [0.3, 0.4) is 0 Å². The van der Waals surface area contributed by atoms with E-state index in [4.69, 9.17) is 4.74 Å². The molecule has 0 aliphatic heterocycles. The maximum atomic E-state index is 13.9. The summed E-state index contributed by atoms with van der Waals surface area (Å²) in [5, 5.41) is 15.0. The van der Waals surface area contributed by atoms with Crippen LogP contribution in [0.25, 0.3) is 31.7 Å². The van der Waals surface area contributed by atoms with Crippen molar-refractivity contribution < 1.29 is 14.3 Å². The predicted molar refractivity (Wildman–Crippen MR) is 117 cm³/mol. The quantitative estimate of drug-likeness (QED) is 0.440. The highest BCUT2D eigenvalue weighted by atomic mass is 32.1. The van der Waals surface area contributed by atoms with Crippen molar-refractivity contribution in [1.29, 1.82) is 0 Å². The van der Waals surface area contributed by atoms with Crippen molar-refractivity contribution in [2.75, 3.05) is 6.61 Å². The molecule has 0 bridgehead atoms. The van der Waals surface area contributed by atoms with E-state index in [1.807, 2.05) is 26.0 Å².